The SMILES string of the molecule is CN1C[C@@H]2CNC[C@@]2(CO)C1. The van der Waals surface area contributed by atoms with Gasteiger partial charge in [-0.1, -0.05) is 0 Å². The van der Waals surface area contributed by atoms with Gasteiger partial charge in [0, 0.05) is 25.0 Å². The average molecular weight is 156 g/mol. The predicted molar refractivity (Wildman–Crippen MR) is 43.4 cm³/mol. The Hall–Kier alpha value is -0.120. The van der Waals surface area contributed by atoms with Crippen LogP contribution in [0.4, 0.5) is 0 Å². The van der Waals surface area contributed by atoms with E-state index in [2.05, 4.69) is 17.3 Å². The van der Waals surface area contributed by atoms with Gasteiger partial charge in [0.05, 0.1) is 6.61 Å². The number of nitrogens with zero attached hydrogens (tertiary/aromatic N) is 1. The zero-order valence-corrected chi connectivity index (χ0v) is 7.01. The lowest BCUT2D eigenvalue weighted by Gasteiger charge is -2.24. The topological polar surface area (TPSA) is 35.5 Å². The highest BCUT2D eigenvalue weighted by Crippen LogP contribution is 2.37. The van der Waals surface area contributed by atoms with Crippen LogP contribution in [-0.2, 0) is 0 Å². The highest BCUT2D eigenvalue weighted by molar-refractivity contribution is 5.01. The van der Waals surface area contributed by atoms with E-state index < -0.39 is 0 Å². The summed E-state index contributed by atoms with van der Waals surface area (Å²) < 4.78 is 0. The van der Waals surface area contributed by atoms with Gasteiger partial charge >= 0.3 is 0 Å². The van der Waals surface area contributed by atoms with Crippen molar-refractivity contribution in [2.75, 3.05) is 39.8 Å². The van der Waals surface area contributed by atoms with E-state index in [-0.39, 0.29) is 5.41 Å². The summed E-state index contributed by atoms with van der Waals surface area (Å²) in [5.41, 5.74) is 0.189. The molecular formula is C8H16N2O. The van der Waals surface area contributed by atoms with Gasteiger partial charge in [0.15, 0.2) is 0 Å². The van der Waals surface area contributed by atoms with Crippen molar-refractivity contribution in [3.8, 4) is 0 Å². The first-order valence-electron chi connectivity index (χ1n) is 4.27. The zero-order chi connectivity index (χ0) is 7.90. The minimum Gasteiger partial charge on any atom is -0.396 e. The molecule has 0 unspecified atom stereocenters. The van der Waals surface area contributed by atoms with Crippen molar-refractivity contribution in [3.63, 3.8) is 0 Å². The molecule has 0 radical (unpaired) electrons. The third-order valence-corrected chi connectivity index (χ3v) is 3.17. The fourth-order valence-electron chi connectivity index (χ4n) is 2.51. The van der Waals surface area contributed by atoms with Crippen LogP contribution in [0.25, 0.3) is 0 Å². The van der Waals surface area contributed by atoms with Gasteiger partial charge in [0.1, 0.15) is 0 Å². The number of rotatable bonds is 1. The first-order chi connectivity index (χ1) is 5.27. The van der Waals surface area contributed by atoms with E-state index in [4.69, 9.17) is 0 Å². The Bertz CT molecular complexity index is 162. The molecule has 0 saturated carbocycles. The summed E-state index contributed by atoms with van der Waals surface area (Å²) in [6.45, 7) is 4.63. The summed E-state index contributed by atoms with van der Waals surface area (Å²) in [4.78, 5) is 2.32. The molecule has 0 aromatic heterocycles. The minimum atomic E-state index is 0.189. The highest BCUT2D eigenvalue weighted by atomic mass is 16.3. The third kappa shape index (κ3) is 0.991. The number of aliphatic hydroxyl groups excluding tert-OH is 1. The molecule has 0 aromatic rings. The molecule has 2 aliphatic heterocycles. The van der Waals surface area contributed by atoms with Crippen molar-refractivity contribution >= 4 is 0 Å². The Morgan fingerprint density at radius 1 is 1.73 bits per heavy atom. The third-order valence-electron chi connectivity index (χ3n) is 3.17. The molecule has 2 aliphatic rings. The van der Waals surface area contributed by atoms with Crippen LogP contribution >= 0.6 is 0 Å². The van der Waals surface area contributed by atoms with E-state index in [1.807, 2.05) is 0 Å². The van der Waals surface area contributed by atoms with Crippen LogP contribution in [0.3, 0.4) is 0 Å². The Balaban J connectivity index is 2.15. The molecule has 11 heavy (non-hydrogen) atoms. The molecule has 2 fully saturated rings. The van der Waals surface area contributed by atoms with E-state index >= 15 is 0 Å². The van der Waals surface area contributed by atoms with Crippen LogP contribution in [0.1, 0.15) is 0 Å². The van der Waals surface area contributed by atoms with Gasteiger partial charge in [-0.15, -0.1) is 0 Å². The van der Waals surface area contributed by atoms with E-state index in [1.165, 1.54) is 0 Å². The first-order valence-corrected chi connectivity index (χ1v) is 4.27. The standard InChI is InChI=1S/C8H16N2O/c1-10-3-7-2-9-4-8(7,5-10)6-11/h7,9,11H,2-6H2,1H3/t7-,8-/m0/s1. The van der Waals surface area contributed by atoms with Crippen molar-refractivity contribution in [2.24, 2.45) is 11.3 Å². The molecular weight excluding hydrogens is 140 g/mol. The molecule has 2 rings (SSSR count). The summed E-state index contributed by atoms with van der Waals surface area (Å²) in [5, 5.41) is 12.6. The molecule has 0 aliphatic carbocycles. The van der Waals surface area contributed by atoms with Gasteiger partial charge in [-0.3, -0.25) is 0 Å². The van der Waals surface area contributed by atoms with Crippen molar-refractivity contribution in [3.05, 3.63) is 0 Å². The second-order valence-electron chi connectivity index (χ2n) is 4.05. The van der Waals surface area contributed by atoms with Crippen molar-refractivity contribution in [1.29, 1.82) is 0 Å². The fraction of sp³-hybridized carbons (Fsp3) is 1.00. The maximum atomic E-state index is 9.28. The van der Waals surface area contributed by atoms with Crippen LogP contribution in [0, 0.1) is 11.3 Å². The van der Waals surface area contributed by atoms with Crippen LogP contribution in [-0.4, -0.2) is 49.8 Å². The summed E-state index contributed by atoms with van der Waals surface area (Å²) >= 11 is 0. The number of likely N-dealkylation sites (tertiary alicyclic amines) is 1. The Morgan fingerprint density at radius 2 is 2.55 bits per heavy atom. The summed E-state index contributed by atoms with van der Waals surface area (Å²) in [6, 6.07) is 0. The molecule has 2 heterocycles. The lowest BCUT2D eigenvalue weighted by molar-refractivity contribution is 0.127. The molecule has 0 spiro atoms. The number of hydrogen-bond acceptors (Lipinski definition) is 3. The van der Waals surface area contributed by atoms with Crippen LogP contribution < -0.4 is 5.32 Å². The van der Waals surface area contributed by atoms with E-state index in [1.54, 1.807) is 0 Å². The maximum absolute atomic E-state index is 9.28. The average Bonchev–Trinajstić information content (AvgIpc) is 2.43. The van der Waals surface area contributed by atoms with E-state index in [0.717, 1.165) is 26.2 Å². The summed E-state index contributed by atoms with van der Waals surface area (Å²) in [6.07, 6.45) is 0. The molecule has 0 aromatic carbocycles. The predicted octanol–water partition coefficient (Wildman–Crippen LogP) is -0.870. The molecule has 0 bridgehead atoms. The number of hydrogen-bond donors (Lipinski definition) is 2. The van der Waals surface area contributed by atoms with Gasteiger partial charge in [-0.05, 0) is 19.5 Å². The van der Waals surface area contributed by atoms with Crippen molar-refractivity contribution in [1.82, 2.24) is 10.2 Å². The monoisotopic (exact) mass is 156 g/mol. The minimum absolute atomic E-state index is 0.189. The second-order valence-corrected chi connectivity index (χ2v) is 4.05. The van der Waals surface area contributed by atoms with E-state index in [0.29, 0.717) is 12.5 Å². The van der Waals surface area contributed by atoms with Crippen LogP contribution in [0.2, 0.25) is 0 Å². The number of nitrogens with one attached hydrogen (secondary N) is 1. The van der Waals surface area contributed by atoms with Crippen molar-refractivity contribution in [2.45, 2.75) is 0 Å². The normalized spacial score (nSPS) is 44.7. The van der Waals surface area contributed by atoms with Gasteiger partial charge in [-0.2, -0.15) is 0 Å². The molecule has 2 N–H and O–H groups in total. The van der Waals surface area contributed by atoms with Gasteiger partial charge in [0.2, 0.25) is 0 Å². The molecule has 3 heteroatoms. The van der Waals surface area contributed by atoms with Crippen LogP contribution in [0.5, 0.6) is 0 Å². The highest BCUT2D eigenvalue weighted by Gasteiger charge is 2.47. The van der Waals surface area contributed by atoms with Gasteiger partial charge in [0.25, 0.3) is 0 Å². The Morgan fingerprint density at radius 3 is 3.18 bits per heavy atom. The lowest BCUT2D eigenvalue weighted by Crippen LogP contribution is -2.35. The maximum Gasteiger partial charge on any atom is 0.0515 e. The number of aliphatic hydroxyl groups is 1. The van der Waals surface area contributed by atoms with Gasteiger partial charge < -0.3 is 15.3 Å². The van der Waals surface area contributed by atoms with Crippen LogP contribution in [0.15, 0.2) is 0 Å². The largest absolute Gasteiger partial charge is 0.396 e. The molecule has 64 valence electrons. The molecule has 3 nitrogen and oxygen atoms in total. The van der Waals surface area contributed by atoms with Gasteiger partial charge in [-0.25, -0.2) is 0 Å². The smallest absolute Gasteiger partial charge is 0.0515 e. The van der Waals surface area contributed by atoms with E-state index in [9.17, 15) is 5.11 Å². The van der Waals surface area contributed by atoms with Crippen molar-refractivity contribution < 1.29 is 5.11 Å². The molecule has 2 saturated heterocycles. The quantitative estimate of drug-likeness (QED) is 0.518. The zero-order valence-electron chi connectivity index (χ0n) is 7.01. The second kappa shape index (κ2) is 2.44. The molecule has 0 amide bonds. The Kier molecular flexibility index (Phi) is 1.67. The first kappa shape index (κ1) is 7.53. The fourth-order valence-corrected chi connectivity index (χ4v) is 2.51. The summed E-state index contributed by atoms with van der Waals surface area (Å²) in [7, 11) is 2.13. The lowest BCUT2D eigenvalue weighted by atomic mass is 9.82. The molecule has 2 atom stereocenters. The Labute approximate surface area is 67.4 Å². The number of fused-ring (bicyclic) bond motifs is 1. The summed E-state index contributed by atoms with van der Waals surface area (Å²) in [5.74, 6) is 0.678.